The normalized spacial score (nSPS) is 40.9. The first-order chi connectivity index (χ1) is 6.16. The van der Waals surface area contributed by atoms with E-state index in [0.29, 0.717) is 17.4 Å². The molecular formula is C11H18O2. The number of hydrogen-bond acceptors (Lipinski definition) is 2. The Labute approximate surface area is 79.7 Å². The van der Waals surface area contributed by atoms with Crippen LogP contribution in [0.4, 0.5) is 0 Å². The molecule has 0 radical (unpaired) electrons. The molecule has 0 aromatic carbocycles. The summed E-state index contributed by atoms with van der Waals surface area (Å²) in [7, 11) is 0. The molecule has 2 saturated carbocycles. The Balaban J connectivity index is 2.00. The van der Waals surface area contributed by atoms with Crippen molar-refractivity contribution >= 4 is 6.29 Å². The van der Waals surface area contributed by atoms with Gasteiger partial charge in [-0.15, -0.1) is 0 Å². The van der Waals surface area contributed by atoms with Crippen LogP contribution in [0.5, 0.6) is 0 Å². The summed E-state index contributed by atoms with van der Waals surface area (Å²) in [5, 5.41) is 0. The van der Waals surface area contributed by atoms with Gasteiger partial charge in [0.15, 0.2) is 0 Å². The van der Waals surface area contributed by atoms with Gasteiger partial charge in [-0.2, -0.15) is 0 Å². The Bertz CT molecular complexity index is 210. The van der Waals surface area contributed by atoms with Crippen LogP contribution in [-0.4, -0.2) is 19.0 Å². The van der Waals surface area contributed by atoms with Gasteiger partial charge in [-0.05, 0) is 36.5 Å². The van der Waals surface area contributed by atoms with E-state index < -0.39 is 0 Å². The third-order valence-corrected chi connectivity index (χ3v) is 4.18. The predicted molar refractivity (Wildman–Crippen MR) is 50.4 cm³/mol. The van der Waals surface area contributed by atoms with Crippen molar-refractivity contribution in [2.75, 3.05) is 6.61 Å². The largest absolute Gasteiger partial charge is 0.370 e. The lowest BCUT2D eigenvalue weighted by Gasteiger charge is -2.26. The Morgan fingerprint density at radius 1 is 1.46 bits per heavy atom. The first kappa shape index (κ1) is 9.20. The van der Waals surface area contributed by atoms with Crippen molar-refractivity contribution in [3.05, 3.63) is 0 Å². The number of ether oxygens (including phenoxy) is 1. The Morgan fingerprint density at radius 2 is 2.23 bits per heavy atom. The van der Waals surface area contributed by atoms with E-state index in [2.05, 4.69) is 13.8 Å². The minimum absolute atomic E-state index is 0.282. The molecule has 0 spiro atoms. The lowest BCUT2D eigenvalue weighted by molar-refractivity contribution is -0.115. The third kappa shape index (κ3) is 1.32. The van der Waals surface area contributed by atoms with Crippen molar-refractivity contribution in [3.63, 3.8) is 0 Å². The molecule has 2 heteroatoms. The number of rotatable bonds is 3. The van der Waals surface area contributed by atoms with Gasteiger partial charge in [0.1, 0.15) is 12.9 Å². The lowest BCUT2D eigenvalue weighted by atomic mass is 9.82. The zero-order chi connectivity index (χ0) is 9.47. The zero-order valence-corrected chi connectivity index (χ0v) is 8.45. The lowest BCUT2D eigenvalue weighted by Crippen LogP contribution is -2.25. The number of aldehydes is 1. The van der Waals surface area contributed by atoms with E-state index in [1.807, 2.05) is 0 Å². The molecule has 2 nitrogen and oxygen atoms in total. The van der Waals surface area contributed by atoms with Crippen LogP contribution in [0.1, 0.15) is 33.1 Å². The van der Waals surface area contributed by atoms with Gasteiger partial charge in [0.2, 0.25) is 0 Å². The molecule has 2 rings (SSSR count). The van der Waals surface area contributed by atoms with Gasteiger partial charge in [-0.3, -0.25) is 0 Å². The average molecular weight is 182 g/mol. The van der Waals surface area contributed by atoms with Crippen molar-refractivity contribution in [2.45, 2.75) is 39.2 Å². The second kappa shape index (κ2) is 3.09. The highest BCUT2D eigenvalue weighted by Crippen LogP contribution is 2.58. The van der Waals surface area contributed by atoms with E-state index in [4.69, 9.17) is 4.74 Å². The van der Waals surface area contributed by atoms with E-state index in [9.17, 15) is 4.79 Å². The molecular weight excluding hydrogens is 164 g/mol. The molecule has 0 aromatic heterocycles. The molecule has 3 atom stereocenters. The van der Waals surface area contributed by atoms with Crippen molar-refractivity contribution in [1.82, 2.24) is 0 Å². The number of hydrogen-bond donors (Lipinski definition) is 0. The van der Waals surface area contributed by atoms with Gasteiger partial charge >= 0.3 is 0 Å². The quantitative estimate of drug-likeness (QED) is 0.624. The molecule has 0 heterocycles. The minimum Gasteiger partial charge on any atom is -0.370 e. The summed E-state index contributed by atoms with van der Waals surface area (Å²) in [5.41, 5.74) is 0.452. The Hall–Kier alpha value is -0.370. The molecule has 13 heavy (non-hydrogen) atoms. The van der Waals surface area contributed by atoms with Crippen LogP contribution >= 0.6 is 0 Å². The predicted octanol–water partition coefficient (Wildman–Crippen LogP) is 2.03. The highest BCUT2D eigenvalue weighted by atomic mass is 16.5. The standard InChI is InChI=1S/C11H18O2/c1-11(2)8-3-4-9(11)10(7-8)13-6-5-12/h5,8-10H,3-4,6-7H2,1-2H3. The van der Waals surface area contributed by atoms with Gasteiger partial charge in [0, 0.05) is 0 Å². The van der Waals surface area contributed by atoms with Crippen LogP contribution in [0.2, 0.25) is 0 Å². The Kier molecular flexibility index (Phi) is 2.18. The van der Waals surface area contributed by atoms with Crippen LogP contribution < -0.4 is 0 Å². The fraction of sp³-hybridized carbons (Fsp3) is 0.909. The maximum Gasteiger partial charge on any atom is 0.145 e. The maximum atomic E-state index is 10.2. The minimum atomic E-state index is 0.282. The molecule has 3 unspecified atom stereocenters. The summed E-state index contributed by atoms with van der Waals surface area (Å²) in [6.07, 6.45) is 5.04. The van der Waals surface area contributed by atoms with Gasteiger partial charge in [0.25, 0.3) is 0 Å². The summed E-state index contributed by atoms with van der Waals surface area (Å²) >= 11 is 0. The van der Waals surface area contributed by atoms with Gasteiger partial charge in [-0.25, -0.2) is 0 Å². The molecule has 2 fully saturated rings. The maximum absolute atomic E-state index is 10.2. The topological polar surface area (TPSA) is 26.3 Å². The number of fused-ring (bicyclic) bond motifs is 2. The monoisotopic (exact) mass is 182 g/mol. The fourth-order valence-electron chi connectivity index (χ4n) is 3.31. The van der Waals surface area contributed by atoms with Crippen LogP contribution in [0.15, 0.2) is 0 Å². The fourth-order valence-corrected chi connectivity index (χ4v) is 3.31. The second-order valence-electron chi connectivity index (χ2n) is 4.98. The van der Waals surface area contributed by atoms with E-state index in [1.165, 1.54) is 19.3 Å². The van der Waals surface area contributed by atoms with Gasteiger partial charge in [0.05, 0.1) is 6.10 Å². The van der Waals surface area contributed by atoms with Crippen LogP contribution in [-0.2, 0) is 9.53 Å². The van der Waals surface area contributed by atoms with Crippen LogP contribution in [0.25, 0.3) is 0 Å². The summed E-state index contributed by atoms with van der Waals surface area (Å²) < 4.78 is 5.55. The third-order valence-electron chi connectivity index (χ3n) is 4.18. The second-order valence-corrected chi connectivity index (χ2v) is 4.98. The van der Waals surface area contributed by atoms with Gasteiger partial charge in [-0.1, -0.05) is 13.8 Å². The SMILES string of the molecule is CC1(C)C2CCC1C(OCC=O)C2. The zero-order valence-electron chi connectivity index (χ0n) is 8.45. The molecule has 0 N–H and O–H groups in total. The van der Waals surface area contributed by atoms with E-state index in [0.717, 1.165) is 12.2 Å². The van der Waals surface area contributed by atoms with Crippen molar-refractivity contribution in [2.24, 2.45) is 17.3 Å². The highest BCUT2D eigenvalue weighted by molar-refractivity contribution is 5.50. The van der Waals surface area contributed by atoms with E-state index >= 15 is 0 Å². The summed E-state index contributed by atoms with van der Waals surface area (Å²) in [6, 6.07) is 0. The molecule has 0 aliphatic heterocycles. The highest BCUT2D eigenvalue weighted by Gasteiger charge is 2.53. The molecule has 2 aliphatic carbocycles. The van der Waals surface area contributed by atoms with Crippen molar-refractivity contribution in [3.8, 4) is 0 Å². The Morgan fingerprint density at radius 3 is 2.69 bits per heavy atom. The average Bonchev–Trinajstić information content (AvgIpc) is 2.52. The molecule has 0 aromatic rings. The first-order valence-corrected chi connectivity index (χ1v) is 5.21. The molecule has 0 amide bonds. The summed E-state index contributed by atoms with van der Waals surface area (Å²) in [6.45, 7) is 4.98. The van der Waals surface area contributed by atoms with Crippen molar-refractivity contribution in [1.29, 1.82) is 0 Å². The van der Waals surface area contributed by atoms with Crippen LogP contribution in [0.3, 0.4) is 0 Å². The number of carbonyl (C=O) groups excluding carboxylic acids is 1. The summed E-state index contributed by atoms with van der Waals surface area (Å²) in [4.78, 5) is 10.2. The van der Waals surface area contributed by atoms with E-state index in [1.54, 1.807) is 0 Å². The van der Waals surface area contributed by atoms with Gasteiger partial charge < -0.3 is 9.53 Å². The molecule has 2 bridgehead atoms. The molecule has 0 saturated heterocycles. The smallest absolute Gasteiger partial charge is 0.145 e. The van der Waals surface area contributed by atoms with Crippen molar-refractivity contribution < 1.29 is 9.53 Å². The molecule has 2 aliphatic rings. The summed E-state index contributed by atoms with van der Waals surface area (Å²) in [5.74, 6) is 1.52. The number of carbonyl (C=O) groups is 1. The molecule has 74 valence electrons. The van der Waals surface area contributed by atoms with E-state index in [-0.39, 0.29) is 6.61 Å². The first-order valence-electron chi connectivity index (χ1n) is 5.21. The van der Waals surface area contributed by atoms with Crippen LogP contribution in [0, 0.1) is 17.3 Å².